The number of ketones is 1. The van der Waals surface area contributed by atoms with Crippen molar-refractivity contribution in [3.63, 3.8) is 0 Å². The van der Waals surface area contributed by atoms with Gasteiger partial charge in [-0.05, 0) is 6.07 Å². The van der Waals surface area contributed by atoms with Crippen LogP contribution in [0.25, 0.3) is 16.7 Å². The van der Waals surface area contributed by atoms with Crippen LogP contribution in [0.1, 0.15) is 5.56 Å². The number of carbonyl (C=O) groups excluding carboxylic acids is 1. The van der Waals surface area contributed by atoms with Gasteiger partial charge in [0.25, 0.3) is 5.78 Å². The molecule has 0 aliphatic rings. The van der Waals surface area contributed by atoms with Crippen molar-refractivity contribution in [3.8, 4) is 0 Å². The lowest BCUT2D eigenvalue weighted by atomic mass is 10.1. The van der Waals surface area contributed by atoms with E-state index in [-0.39, 0.29) is 5.76 Å². The summed E-state index contributed by atoms with van der Waals surface area (Å²) in [5.74, 6) is -3.13. The van der Waals surface area contributed by atoms with Crippen molar-refractivity contribution in [1.82, 2.24) is 4.98 Å². The Morgan fingerprint density at radius 2 is 1.88 bits per heavy atom. The molecule has 1 aromatic heterocycles. The summed E-state index contributed by atoms with van der Waals surface area (Å²) in [6.07, 6.45) is 2.21. The minimum absolute atomic E-state index is 0.366. The zero-order chi connectivity index (χ0) is 12.4. The van der Waals surface area contributed by atoms with Crippen molar-refractivity contribution >= 4 is 28.4 Å². The minimum Gasteiger partial charge on any atom is -0.507 e. The normalized spacial score (nSPS) is 11.6. The fraction of sp³-hybridized carbons (Fsp3) is 0. The molecule has 0 aliphatic carbocycles. The molecule has 0 saturated heterocycles. The number of hydrogen-bond acceptors (Lipinski definition) is 3. The summed E-state index contributed by atoms with van der Waals surface area (Å²) in [6.45, 7) is 0. The lowest BCUT2D eigenvalue weighted by Gasteiger charge is -1.96. The van der Waals surface area contributed by atoms with E-state index in [0.29, 0.717) is 11.6 Å². The predicted octanol–water partition coefficient (Wildman–Crippen LogP) is 1.72. The Kier molecular flexibility index (Phi) is 2.66. The average Bonchev–Trinajstić information content (AvgIpc) is 2.72. The largest absolute Gasteiger partial charge is 0.507 e. The van der Waals surface area contributed by atoms with Crippen LogP contribution in [0.2, 0.25) is 0 Å². The van der Waals surface area contributed by atoms with Gasteiger partial charge in [-0.1, -0.05) is 18.2 Å². The summed E-state index contributed by atoms with van der Waals surface area (Å²) in [6, 6.07) is 7.18. The summed E-state index contributed by atoms with van der Waals surface area (Å²) >= 11 is 0. The molecule has 86 valence electrons. The fourth-order valence-corrected chi connectivity index (χ4v) is 1.55. The Morgan fingerprint density at radius 1 is 1.18 bits per heavy atom. The van der Waals surface area contributed by atoms with E-state index in [4.69, 9.17) is 5.11 Å². The molecule has 0 amide bonds. The second-order valence-corrected chi connectivity index (χ2v) is 3.45. The molecule has 2 rings (SSSR count). The van der Waals surface area contributed by atoms with Gasteiger partial charge in [0.15, 0.2) is 0 Å². The van der Waals surface area contributed by atoms with E-state index in [0.717, 1.165) is 10.9 Å². The third kappa shape index (κ3) is 2.03. The summed E-state index contributed by atoms with van der Waals surface area (Å²) in [4.78, 5) is 24.2. The molecule has 0 saturated carbocycles. The van der Waals surface area contributed by atoms with Crippen molar-refractivity contribution < 1.29 is 19.8 Å². The summed E-state index contributed by atoms with van der Waals surface area (Å²) in [5, 5.41) is 18.8. The van der Waals surface area contributed by atoms with Gasteiger partial charge in [-0.3, -0.25) is 4.79 Å². The number of carbonyl (C=O) groups is 2. The molecule has 2 aromatic rings. The highest BCUT2D eigenvalue weighted by Crippen LogP contribution is 2.22. The van der Waals surface area contributed by atoms with Crippen molar-refractivity contribution in [3.05, 3.63) is 42.1 Å². The molecule has 0 atom stereocenters. The molecule has 0 radical (unpaired) electrons. The number of hydrogen-bond donors (Lipinski definition) is 3. The Morgan fingerprint density at radius 3 is 2.59 bits per heavy atom. The van der Waals surface area contributed by atoms with Gasteiger partial charge in [-0.2, -0.15) is 0 Å². The topological polar surface area (TPSA) is 90.4 Å². The highest BCUT2D eigenvalue weighted by molar-refractivity contribution is 6.38. The Balaban J connectivity index is 2.47. The number of carboxylic acid groups (broad SMARTS) is 1. The molecule has 5 nitrogen and oxygen atoms in total. The molecule has 0 fully saturated rings. The molecule has 0 unspecified atom stereocenters. The third-order valence-electron chi connectivity index (χ3n) is 2.34. The molecular formula is C12H9NO4. The number of carboxylic acids is 1. The number of aliphatic carboxylic acids is 1. The van der Waals surface area contributed by atoms with Crippen molar-refractivity contribution in [1.29, 1.82) is 0 Å². The van der Waals surface area contributed by atoms with Crippen LogP contribution in [0.3, 0.4) is 0 Å². The van der Waals surface area contributed by atoms with E-state index in [1.54, 1.807) is 12.1 Å². The van der Waals surface area contributed by atoms with Crippen LogP contribution < -0.4 is 0 Å². The van der Waals surface area contributed by atoms with Crippen molar-refractivity contribution in [2.75, 3.05) is 0 Å². The van der Waals surface area contributed by atoms with E-state index >= 15 is 0 Å². The van der Waals surface area contributed by atoms with Gasteiger partial charge in [0.2, 0.25) is 0 Å². The number of para-hydroxylation sites is 1. The van der Waals surface area contributed by atoms with E-state index in [1.165, 1.54) is 6.20 Å². The van der Waals surface area contributed by atoms with E-state index in [9.17, 15) is 14.7 Å². The molecule has 17 heavy (non-hydrogen) atoms. The highest BCUT2D eigenvalue weighted by atomic mass is 16.4. The second-order valence-electron chi connectivity index (χ2n) is 3.45. The van der Waals surface area contributed by atoms with Crippen LogP contribution in [0, 0.1) is 0 Å². The molecule has 1 aromatic carbocycles. The highest BCUT2D eigenvalue weighted by Gasteiger charge is 2.12. The average molecular weight is 231 g/mol. The maximum Gasteiger partial charge on any atom is 0.376 e. The minimum atomic E-state index is -1.60. The Labute approximate surface area is 96.0 Å². The number of aromatic amines is 1. The maximum atomic E-state index is 10.9. The van der Waals surface area contributed by atoms with Crippen LogP contribution in [-0.4, -0.2) is 26.9 Å². The molecule has 5 heteroatoms. The van der Waals surface area contributed by atoms with Crippen molar-refractivity contribution in [2.24, 2.45) is 0 Å². The number of fused-ring (bicyclic) bond motifs is 1. The zero-order valence-electron chi connectivity index (χ0n) is 8.68. The Hall–Kier alpha value is -2.56. The SMILES string of the molecule is O=C(O)C(=O)C=C(O)c1c[nH]c2ccccc12. The number of H-pyrrole nitrogens is 1. The smallest absolute Gasteiger partial charge is 0.376 e. The standard InChI is InChI=1S/C12H9NO4/c14-10(5-11(15)12(16)17)8-6-13-9-4-2-1-3-7(8)9/h1-6,13-14H,(H,16,17). The molecule has 1 heterocycles. The number of nitrogens with one attached hydrogen (secondary N) is 1. The van der Waals surface area contributed by atoms with Gasteiger partial charge in [0, 0.05) is 28.7 Å². The Bertz CT molecular complexity index is 624. The predicted molar refractivity (Wildman–Crippen MR) is 61.5 cm³/mol. The fourth-order valence-electron chi connectivity index (χ4n) is 1.55. The summed E-state index contributed by atoms with van der Waals surface area (Å²) in [7, 11) is 0. The third-order valence-corrected chi connectivity index (χ3v) is 2.34. The van der Waals surface area contributed by atoms with Gasteiger partial charge in [0.1, 0.15) is 5.76 Å². The molecular weight excluding hydrogens is 222 g/mol. The molecule has 0 aliphatic heterocycles. The van der Waals surface area contributed by atoms with E-state index < -0.39 is 11.8 Å². The summed E-state index contributed by atoms with van der Waals surface area (Å²) in [5.41, 5.74) is 1.19. The zero-order valence-corrected chi connectivity index (χ0v) is 8.68. The first-order valence-electron chi connectivity index (χ1n) is 4.84. The van der Waals surface area contributed by atoms with E-state index in [2.05, 4.69) is 4.98 Å². The molecule has 0 bridgehead atoms. The first-order chi connectivity index (χ1) is 8.09. The monoisotopic (exact) mass is 231 g/mol. The van der Waals surface area contributed by atoms with Crippen LogP contribution >= 0.6 is 0 Å². The quantitative estimate of drug-likeness (QED) is 0.426. The molecule has 3 N–H and O–H groups in total. The summed E-state index contributed by atoms with van der Waals surface area (Å²) < 4.78 is 0. The van der Waals surface area contributed by atoms with Crippen LogP contribution in [0.4, 0.5) is 0 Å². The number of aromatic nitrogens is 1. The number of benzene rings is 1. The van der Waals surface area contributed by atoms with E-state index in [1.807, 2.05) is 12.1 Å². The van der Waals surface area contributed by atoms with Gasteiger partial charge >= 0.3 is 5.97 Å². The van der Waals surface area contributed by atoms with Crippen LogP contribution in [0.5, 0.6) is 0 Å². The number of rotatable bonds is 3. The second kappa shape index (κ2) is 4.13. The maximum absolute atomic E-state index is 10.9. The lowest BCUT2D eigenvalue weighted by molar-refractivity contribution is -0.146. The van der Waals surface area contributed by atoms with Crippen LogP contribution in [0.15, 0.2) is 36.5 Å². The van der Waals surface area contributed by atoms with Gasteiger partial charge < -0.3 is 15.2 Å². The van der Waals surface area contributed by atoms with Crippen molar-refractivity contribution in [2.45, 2.75) is 0 Å². The number of aliphatic hydroxyl groups is 1. The first kappa shape index (κ1) is 10.9. The number of aliphatic hydroxyl groups excluding tert-OH is 1. The first-order valence-corrected chi connectivity index (χ1v) is 4.84. The van der Waals surface area contributed by atoms with Gasteiger partial charge in [-0.15, -0.1) is 0 Å². The van der Waals surface area contributed by atoms with Crippen LogP contribution in [-0.2, 0) is 9.59 Å². The lowest BCUT2D eigenvalue weighted by Crippen LogP contribution is -2.09. The van der Waals surface area contributed by atoms with Gasteiger partial charge in [0.05, 0.1) is 0 Å². The molecule has 0 spiro atoms. The van der Waals surface area contributed by atoms with Gasteiger partial charge in [-0.25, -0.2) is 4.79 Å².